The second-order valence-corrected chi connectivity index (χ2v) is 7.14. The van der Waals surface area contributed by atoms with E-state index in [-0.39, 0.29) is 31.0 Å². The highest BCUT2D eigenvalue weighted by Gasteiger charge is 2.31. The molecule has 2 N–H and O–H groups in total. The highest BCUT2D eigenvalue weighted by atomic mass is 35.5. The molecule has 1 aromatic heterocycles. The van der Waals surface area contributed by atoms with Crippen LogP contribution in [0, 0.1) is 5.92 Å². The number of nitrogen functional groups attached to an aromatic ring is 1. The number of esters is 2. The van der Waals surface area contributed by atoms with Gasteiger partial charge in [0.05, 0.1) is 28.8 Å². The first kappa shape index (κ1) is 20.9. The van der Waals surface area contributed by atoms with Crippen molar-refractivity contribution >= 4 is 45.7 Å². The molecule has 0 saturated heterocycles. The molecule has 27 heavy (non-hydrogen) atoms. The fourth-order valence-corrected chi connectivity index (χ4v) is 3.67. The predicted molar refractivity (Wildman–Crippen MR) is 104 cm³/mol. The summed E-state index contributed by atoms with van der Waals surface area (Å²) in [7, 11) is 0. The number of ether oxygens (including phenoxy) is 2. The lowest BCUT2D eigenvalue weighted by Gasteiger charge is -2.13. The lowest BCUT2D eigenvalue weighted by atomic mass is 10.0. The van der Waals surface area contributed by atoms with Gasteiger partial charge in [0.1, 0.15) is 0 Å². The van der Waals surface area contributed by atoms with Gasteiger partial charge < -0.3 is 15.2 Å². The molecule has 0 fully saturated rings. The minimum absolute atomic E-state index is 0.0440. The van der Waals surface area contributed by atoms with E-state index in [4.69, 9.17) is 26.8 Å². The van der Waals surface area contributed by atoms with Crippen molar-refractivity contribution in [2.24, 2.45) is 5.92 Å². The van der Waals surface area contributed by atoms with Crippen LogP contribution in [-0.2, 0) is 25.5 Å². The molecule has 2 aromatic rings. The molecule has 0 atom stereocenters. The van der Waals surface area contributed by atoms with Gasteiger partial charge in [0, 0.05) is 16.9 Å². The van der Waals surface area contributed by atoms with Crippen LogP contribution in [0.2, 0.25) is 5.02 Å². The van der Waals surface area contributed by atoms with Gasteiger partial charge in [-0.05, 0) is 32.0 Å². The Morgan fingerprint density at radius 2 is 1.67 bits per heavy atom. The molecule has 0 spiro atoms. The van der Waals surface area contributed by atoms with E-state index in [0.717, 1.165) is 11.3 Å². The van der Waals surface area contributed by atoms with Crippen LogP contribution in [0.25, 0.3) is 0 Å². The summed E-state index contributed by atoms with van der Waals surface area (Å²) in [6.45, 7) is 3.61. The van der Waals surface area contributed by atoms with Gasteiger partial charge in [0.2, 0.25) is 0 Å². The first-order valence-corrected chi connectivity index (χ1v) is 9.59. The molecule has 1 heterocycles. The van der Waals surface area contributed by atoms with Crippen LogP contribution in [0.15, 0.2) is 30.3 Å². The number of benzene rings is 1. The number of nitrogens with two attached hydrogens (primary N) is 1. The first-order valence-electron chi connectivity index (χ1n) is 8.39. The Labute approximate surface area is 166 Å². The van der Waals surface area contributed by atoms with Crippen LogP contribution in [0.3, 0.4) is 0 Å². The maximum atomic E-state index is 12.7. The van der Waals surface area contributed by atoms with E-state index in [0.29, 0.717) is 20.5 Å². The Morgan fingerprint density at radius 1 is 1.07 bits per heavy atom. The van der Waals surface area contributed by atoms with Gasteiger partial charge in [0.25, 0.3) is 0 Å². The number of carbonyl (C=O) groups excluding carboxylic acids is 3. The third kappa shape index (κ3) is 5.08. The van der Waals surface area contributed by atoms with Crippen LogP contribution in [-0.4, -0.2) is 30.9 Å². The topological polar surface area (TPSA) is 95.7 Å². The minimum atomic E-state index is -1.11. The zero-order valence-electron chi connectivity index (χ0n) is 15.0. The van der Waals surface area contributed by atoms with E-state index < -0.39 is 17.9 Å². The number of thiophene rings is 1. The number of ketones is 1. The summed E-state index contributed by atoms with van der Waals surface area (Å²) >= 11 is 7.23. The number of hydrogen-bond acceptors (Lipinski definition) is 7. The number of carbonyl (C=O) groups is 3. The Morgan fingerprint density at radius 3 is 2.22 bits per heavy atom. The van der Waals surface area contributed by atoms with E-state index in [1.807, 2.05) is 0 Å². The van der Waals surface area contributed by atoms with Crippen molar-refractivity contribution in [3.05, 3.63) is 51.4 Å². The largest absolute Gasteiger partial charge is 0.465 e. The summed E-state index contributed by atoms with van der Waals surface area (Å²) < 4.78 is 9.92. The molecule has 0 aliphatic heterocycles. The van der Waals surface area contributed by atoms with Crippen molar-refractivity contribution in [3.8, 4) is 0 Å². The predicted octanol–water partition coefficient (Wildman–Crippen LogP) is 3.50. The van der Waals surface area contributed by atoms with Crippen molar-refractivity contribution in [2.75, 3.05) is 18.9 Å². The zero-order chi connectivity index (χ0) is 20.0. The lowest BCUT2D eigenvalue weighted by Crippen LogP contribution is -2.29. The fourth-order valence-electron chi connectivity index (χ4n) is 2.48. The molecule has 0 aliphatic rings. The molecular weight excluding hydrogens is 390 g/mol. The minimum Gasteiger partial charge on any atom is -0.465 e. The molecule has 0 aliphatic carbocycles. The van der Waals surface area contributed by atoms with Crippen molar-refractivity contribution in [2.45, 2.75) is 20.3 Å². The van der Waals surface area contributed by atoms with Gasteiger partial charge in [-0.25, -0.2) is 0 Å². The molecule has 8 heteroatoms. The van der Waals surface area contributed by atoms with Gasteiger partial charge >= 0.3 is 11.9 Å². The highest BCUT2D eigenvalue weighted by Crippen LogP contribution is 2.31. The van der Waals surface area contributed by atoms with E-state index >= 15 is 0 Å². The van der Waals surface area contributed by atoms with Crippen LogP contribution in [0.1, 0.15) is 34.6 Å². The van der Waals surface area contributed by atoms with E-state index in [9.17, 15) is 14.4 Å². The van der Waals surface area contributed by atoms with Crippen molar-refractivity contribution < 1.29 is 23.9 Å². The number of hydrogen-bond donors (Lipinski definition) is 1. The summed E-state index contributed by atoms with van der Waals surface area (Å²) in [6.07, 6.45) is 0.0440. The Kier molecular flexibility index (Phi) is 7.38. The summed E-state index contributed by atoms with van der Waals surface area (Å²) in [5.41, 5.74) is 6.62. The summed E-state index contributed by atoms with van der Waals surface area (Å²) in [5, 5.41) is 0.618. The summed E-state index contributed by atoms with van der Waals surface area (Å²) in [6, 6.07) is 8.25. The molecule has 1 aromatic carbocycles. The molecule has 0 amide bonds. The molecule has 144 valence electrons. The summed E-state index contributed by atoms with van der Waals surface area (Å²) in [5.74, 6) is -2.75. The fraction of sp³-hybridized carbons (Fsp3) is 0.316. The third-order valence-corrected chi connectivity index (χ3v) is 5.04. The van der Waals surface area contributed by atoms with Gasteiger partial charge in [0.15, 0.2) is 11.7 Å². The van der Waals surface area contributed by atoms with Gasteiger partial charge in [-0.2, -0.15) is 0 Å². The summed E-state index contributed by atoms with van der Waals surface area (Å²) in [4.78, 5) is 37.6. The van der Waals surface area contributed by atoms with Crippen LogP contribution >= 0.6 is 22.9 Å². The number of anilines is 1. The van der Waals surface area contributed by atoms with E-state index in [1.54, 1.807) is 44.2 Å². The molecule has 0 unspecified atom stereocenters. The molecular formula is C19H20ClNO5S. The molecule has 0 radical (unpaired) electrons. The SMILES string of the molecule is CCOC(=O)C(Cc1cc(C(=O)c2ccccc2Cl)c(N)s1)C(=O)OCC. The van der Waals surface area contributed by atoms with Crippen molar-refractivity contribution in [1.82, 2.24) is 0 Å². The smallest absolute Gasteiger partial charge is 0.320 e. The molecule has 0 saturated carbocycles. The van der Waals surface area contributed by atoms with E-state index in [1.165, 1.54) is 0 Å². The lowest BCUT2D eigenvalue weighted by molar-refractivity contribution is -0.161. The maximum Gasteiger partial charge on any atom is 0.320 e. The van der Waals surface area contributed by atoms with Gasteiger partial charge in [-0.15, -0.1) is 11.3 Å². The van der Waals surface area contributed by atoms with Crippen LogP contribution < -0.4 is 5.73 Å². The maximum absolute atomic E-state index is 12.7. The Bertz CT molecular complexity index is 830. The molecule has 0 bridgehead atoms. The van der Waals surface area contributed by atoms with Crippen LogP contribution in [0.5, 0.6) is 0 Å². The standard InChI is InChI=1S/C19H20ClNO5S/c1-3-25-18(23)14(19(24)26-4-2)10-11-9-13(17(21)27-11)16(22)12-7-5-6-8-15(12)20/h5-9,14H,3-4,10,21H2,1-2H3. The normalized spacial score (nSPS) is 10.7. The van der Waals surface area contributed by atoms with Crippen molar-refractivity contribution in [1.29, 1.82) is 0 Å². The highest BCUT2D eigenvalue weighted by molar-refractivity contribution is 7.16. The van der Waals surface area contributed by atoms with Gasteiger partial charge in [-0.3, -0.25) is 14.4 Å². The molecule has 6 nitrogen and oxygen atoms in total. The number of rotatable bonds is 8. The average Bonchev–Trinajstić information content (AvgIpc) is 3.00. The van der Waals surface area contributed by atoms with Crippen molar-refractivity contribution in [3.63, 3.8) is 0 Å². The first-order chi connectivity index (χ1) is 12.9. The Balaban J connectivity index is 2.28. The second-order valence-electron chi connectivity index (χ2n) is 5.56. The van der Waals surface area contributed by atoms with E-state index in [2.05, 4.69) is 0 Å². The quantitative estimate of drug-likeness (QED) is 0.407. The zero-order valence-corrected chi connectivity index (χ0v) is 16.6. The third-order valence-electron chi connectivity index (χ3n) is 3.72. The second kappa shape index (κ2) is 9.53. The molecule has 2 rings (SSSR count). The van der Waals surface area contributed by atoms with Gasteiger partial charge in [-0.1, -0.05) is 23.7 Å². The Hall–Kier alpha value is -2.38. The monoisotopic (exact) mass is 409 g/mol. The average molecular weight is 410 g/mol. The number of halogens is 1. The van der Waals surface area contributed by atoms with Crippen LogP contribution in [0.4, 0.5) is 5.00 Å².